The Labute approximate surface area is 159 Å². The molecule has 0 saturated carbocycles. The zero-order chi connectivity index (χ0) is 19.6. The van der Waals surface area contributed by atoms with Crippen LogP contribution in [0.4, 0.5) is 24.0 Å². The number of carbonyl (C=O) groups is 1. The second-order valence-corrected chi connectivity index (χ2v) is 7.45. The first-order valence-electron chi connectivity index (χ1n) is 8.62. The van der Waals surface area contributed by atoms with Gasteiger partial charge in [-0.15, -0.1) is 11.3 Å². The highest BCUT2D eigenvalue weighted by atomic mass is 32.1. The molecule has 1 aliphatic heterocycles. The third-order valence-electron chi connectivity index (χ3n) is 4.34. The number of halogens is 3. The summed E-state index contributed by atoms with van der Waals surface area (Å²) in [5, 5.41) is 5.73. The molecule has 1 atom stereocenters. The number of nitrogens with zero attached hydrogens (tertiary/aromatic N) is 3. The third-order valence-corrected chi connectivity index (χ3v) is 5.21. The average molecular weight is 398 g/mol. The summed E-state index contributed by atoms with van der Waals surface area (Å²) in [5.74, 6) is -0.300. The smallest absolute Gasteiger partial charge is 0.312 e. The average Bonchev–Trinajstić information content (AvgIpc) is 3.02. The number of carbonyl (C=O) groups excluding carboxylic acids is 1. The summed E-state index contributed by atoms with van der Waals surface area (Å²) in [6.45, 7) is 6.94. The van der Waals surface area contributed by atoms with Crippen molar-refractivity contribution in [1.29, 1.82) is 0 Å². The molecule has 9 heteroatoms. The zero-order valence-electron chi connectivity index (χ0n) is 15.1. The Balaban J connectivity index is 1.78. The molecule has 1 aromatic carbocycles. The summed E-state index contributed by atoms with van der Waals surface area (Å²) in [7, 11) is 0. The fourth-order valence-electron chi connectivity index (χ4n) is 3.08. The van der Waals surface area contributed by atoms with E-state index >= 15 is 0 Å². The van der Waals surface area contributed by atoms with E-state index in [0.717, 1.165) is 37.5 Å². The summed E-state index contributed by atoms with van der Waals surface area (Å²) in [6, 6.07) is 4.95. The van der Waals surface area contributed by atoms with Gasteiger partial charge < -0.3 is 5.32 Å². The van der Waals surface area contributed by atoms with Gasteiger partial charge in [-0.3, -0.25) is 14.6 Å². The predicted molar refractivity (Wildman–Crippen MR) is 99.1 cm³/mol. The number of hydrogen-bond donors (Lipinski definition) is 1. The van der Waals surface area contributed by atoms with Gasteiger partial charge in [0.1, 0.15) is 0 Å². The molecule has 1 aliphatic rings. The first-order chi connectivity index (χ1) is 12.7. The molecule has 1 unspecified atom stereocenters. The van der Waals surface area contributed by atoms with Gasteiger partial charge in [0.25, 0.3) is 0 Å². The van der Waals surface area contributed by atoms with Crippen LogP contribution in [0.25, 0.3) is 0 Å². The molecule has 2 heterocycles. The molecule has 2 aromatic rings. The minimum atomic E-state index is -4.41. The maximum Gasteiger partial charge on any atom is 0.416 e. The highest BCUT2D eigenvalue weighted by molar-refractivity contribution is 7.14. The summed E-state index contributed by atoms with van der Waals surface area (Å²) < 4.78 is 38.3. The Morgan fingerprint density at radius 3 is 2.67 bits per heavy atom. The Morgan fingerprint density at radius 1 is 1.37 bits per heavy atom. The van der Waals surface area contributed by atoms with Crippen molar-refractivity contribution >= 4 is 28.1 Å². The first kappa shape index (κ1) is 19.8. The monoisotopic (exact) mass is 398 g/mol. The SMILES string of the molecule is CC(=O)N(c1ccc(C(F)(F)F)cc1)c1nc(CN2CCNC(C)C2)cs1. The highest BCUT2D eigenvalue weighted by Gasteiger charge is 2.30. The fourth-order valence-corrected chi connectivity index (χ4v) is 3.96. The quantitative estimate of drug-likeness (QED) is 0.854. The highest BCUT2D eigenvalue weighted by Crippen LogP contribution is 2.33. The standard InChI is InChI=1S/C18H21F3N4OS/c1-12-9-24(8-7-22-12)10-15-11-27-17(23-15)25(13(2)26)16-5-3-14(4-6-16)18(19,20)21/h3-6,11-12,22H,7-10H2,1-2H3. The molecular formula is C18H21F3N4OS. The van der Waals surface area contributed by atoms with E-state index in [1.54, 1.807) is 0 Å². The number of benzene rings is 1. The Kier molecular flexibility index (Phi) is 5.83. The van der Waals surface area contributed by atoms with Crippen molar-refractivity contribution in [2.75, 3.05) is 24.5 Å². The maximum absolute atomic E-state index is 12.8. The molecule has 1 N–H and O–H groups in total. The number of hydrogen-bond acceptors (Lipinski definition) is 5. The van der Waals surface area contributed by atoms with Crippen LogP contribution >= 0.6 is 11.3 Å². The lowest BCUT2D eigenvalue weighted by Gasteiger charge is -2.31. The molecule has 0 spiro atoms. The number of alkyl halides is 3. The number of rotatable bonds is 4. The van der Waals surface area contributed by atoms with Crippen molar-refractivity contribution in [2.45, 2.75) is 32.6 Å². The summed E-state index contributed by atoms with van der Waals surface area (Å²) in [5.41, 5.74) is 0.469. The van der Waals surface area contributed by atoms with E-state index in [2.05, 4.69) is 22.1 Å². The van der Waals surface area contributed by atoms with Crippen LogP contribution in [-0.4, -0.2) is 41.5 Å². The largest absolute Gasteiger partial charge is 0.416 e. The Morgan fingerprint density at radius 2 is 2.07 bits per heavy atom. The number of thiazole rings is 1. The normalized spacial score (nSPS) is 18.5. The third kappa shape index (κ3) is 4.85. The lowest BCUT2D eigenvalue weighted by molar-refractivity contribution is -0.137. The lowest BCUT2D eigenvalue weighted by Crippen LogP contribution is -2.48. The molecule has 3 rings (SSSR count). The van der Waals surface area contributed by atoms with Crippen LogP contribution in [0.3, 0.4) is 0 Å². The second kappa shape index (κ2) is 7.95. The van der Waals surface area contributed by atoms with Crippen LogP contribution in [0.5, 0.6) is 0 Å². The lowest BCUT2D eigenvalue weighted by atomic mass is 10.2. The van der Waals surface area contributed by atoms with Crippen molar-refractivity contribution in [3.63, 3.8) is 0 Å². The molecular weight excluding hydrogens is 377 g/mol. The van der Waals surface area contributed by atoms with E-state index in [4.69, 9.17) is 0 Å². The summed E-state index contributed by atoms with van der Waals surface area (Å²) in [6.07, 6.45) is -4.41. The van der Waals surface area contributed by atoms with Gasteiger partial charge in [0, 0.05) is 44.5 Å². The van der Waals surface area contributed by atoms with E-state index in [1.807, 2.05) is 5.38 Å². The van der Waals surface area contributed by atoms with E-state index in [-0.39, 0.29) is 5.91 Å². The number of anilines is 2. The topological polar surface area (TPSA) is 48.5 Å². The van der Waals surface area contributed by atoms with E-state index in [9.17, 15) is 18.0 Å². The molecule has 27 heavy (non-hydrogen) atoms. The predicted octanol–water partition coefficient (Wildman–Crippen LogP) is 3.64. The minimum absolute atomic E-state index is 0.300. The molecule has 1 amide bonds. The van der Waals surface area contributed by atoms with Crippen LogP contribution in [0.1, 0.15) is 25.1 Å². The maximum atomic E-state index is 12.8. The van der Waals surface area contributed by atoms with Crippen molar-refractivity contribution in [2.24, 2.45) is 0 Å². The molecule has 1 aromatic heterocycles. The van der Waals surface area contributed by atoms with Crippen LogP contribution in [-0.2, 0) is 17.5 Å². The van der Waals surface area contributed by atoms with Gasteiger partial charge in [0.2, 0.25) is 5.91 Å². The van der Waals surface area contributed by atoms with E-state index in [0.29, 0.717) is 23.4 Å². The zero-order valence-corrected chi connectivity index (χ0v) is 15.9. The fraction of sp³-hybridized carbons (Fsp3) is 0.444. The van der Waals surface area contributed by atoms with Crippen molar-refractivity contribution in [3.05, 3.63) is 40.9 Å². The molecule has 5 nitrogen and oxygen atoms in total. The van der Waals surface area contributed by atoms with E-state index < -0.39 is 11.7 Å². The van der Waals surface area contributed by atoms with Gasteiger partial charge in [-0.05, 0) is 31.2 Å². The molecule has 146 valence electrons. The number of nitrogens with one attached hydrogen (secondary N) is 1. The van der Waals surface area contributed by atoms with Crippen molar-refractivity contribution < 1.29 is 18.0 Å². The molecule has 1 fully saturated rings. The van der Waals surface area contributed by atoms with Gasteiger partial charge in [0.15, 0.2) is 5.13 Å². The van der Waals surface area contributed by atoms with Crippen LogP contribution < -0.4 is 10.2 Å². The van der Waals surface area contributed by atoms with Crippen LogP contribution in [0.2, 0.25) is 0 Å². The summed E-state index contributed by atoms with van der Waals surface area (Å²) >= 11 is 1.31. The van der Waals surface area contributed by atoms with Crippen LogP contribution in [0, 0.1) is 0 Å². The van der Waals surface area contributed by atoms with Gasteiger partial charge in [-0.1, -0.05) is 0 Å². The molecule has 0 bridgehead atoms. The number of piperazine rings is 1. The molecule has 0 radical (unpaired) electrons. The second-order valence-electron chi connectivity index (χ2n) is 6.61. The van der Waals surface area contributed by atoms with E-state index in [1.165, 1.54) is 35.3 Å². The first-order valence-corrected chi connectivity index (χ1v) is 9.50. The van der Waals surface area contributed by atoms with Gasteiger partial charge in [0.05, 0.1) is 16.9 Å². The number of aromatic nitrogens is 1. The number of amides is 1. The van der Waals surface area contributed by atoms with Crippen LogP contribution in [0.15, 0.2) is 29.6 Å². The van der Waals surface area contributed by atoms with Crippen molar-refractivity contribution in [1.82, 2.24) is 15.2 Å². The Bertz CT molecular complexity index is 791. The van der Waals surface area contributed by atoms with Gasteiger partial charge >= 0.3 is 6.18 Å². The van der Waals surface area contributed by atoms with Crippen molar-refractivity contribution in [3.8, 4) is 0 Å². The summed E-state index contributed by atoms with van der Waals surface area (Å²) in [4.78, 5) is 20.3. The van der Waals surface area contributed by atoms with Gasteiger partial charge in [-0.2, -0.15) is 13.2 Å². The molecule has 0 aliphatic carbocycles. The minimum Gasteiger partial charge on any atom is -0.312 e. The molecule has 1 saturated heterocycles. The van der Waals surface area contributed by atoms with Gasteiger partial charge in [-0.25, -0.2) is 4.98 Å². The Hall–Kier alpha value is -1.97.